The Morgan fingerprint density at radius 1 is 0.923 bits per heavy atom. The van der Waals surface area contributed by atoms with Crippen LogP contribution >= 0.6 is 57.9 Å². The average molecular weight is 623 g/mol. The monoisotopic (exact) mass is 621 g/mol. The molecule has 0 N–H and O–H groups in total. The van der Waals surface area contributed by atoms with E-state index in [9.17, 15) is 19.2 Å². The number of likely N-dealkylation sites (tertiary alicyclic amines) is 1. The molecule has 0 aliphatic carbocycles. The molecule has 3 aliphatic rings. The predicted octanol–water partition coefficient (Wildman–Crippen LogP) is 5.68. The van der Waals surface area contributed by atoms with Crippen molar-refractivity contribution in [3.8, 4) is 0 Å². The highest BCUT2D eigenvalue weighted by atomic mass is 35.5. The van der Waals surface area contributed by atoms with Crippen molar-refractivity contribution in [1.29, 1.82) is 0 Å². The number of carbonyl (C=O) groups excluding carboxylic acids is 3. The predicted molar refractivity (Wildman–Crippen MR) is 154 cm³/mol. The van der Waals surface area contributed by atoms with E-state index in [0.29, 0.717) is 44.3 Å². The van der Waals surface area contributed by atoms with E-state index in [1.807, 2.05) is 0 Å². The first kappa shape index (κ1) is 26.9. The number of halogens is 3. The van der Waals surface area contributed by atoms with Gasteiger partial charge in [-0.05, 0) is 55.2 Å². The van der Waals surface area contributed by atoms with Gasteiger partial charge in [-0.2, -0.15) is 0 Å². The minimum atomic E-state index is -0.814. The van der Waals surface area contributed by atoms with Crippen LogP contribution in [0.15, 0.2) is 52.3 Å². The summed E-state index contributed by atoms with van der Waals surface area (Å²) in [6.07, 6.45) is 2.96. The Morgan fingerprint density at radius 3 is 2.36 bits per heavy atom. The minimum Gasteiger partial charge on any atom is -0.341 e. The number of fused-ring (bicyclic) bond motifs is 2. The topological polar surface area (TPSA) is 79.7 Å². The number of aromatic nitrogens is 1. The number of imide groups is 1. The molecule has 6 rings (SSSR count). The lowest BCUT2D eigenvalue weighted by atomic mass is 9.83. The number of thiazole rings is 1. The largest absolute Gasteiger partial charge is 0.341 e. The van der Waals surface area contributed by atoms with Gasteiger partial charge in [0.2, 0.25) is 17.7 Å². The van der Waals surface area contributed by atoms with Gasteiger partial charge >= 0.3 is 4.87 Å². The Kier molecular flexibility index (Phi) is 7.31. The van der Waals surface area contributed by atoms with E-state index in [1.54, 1.807) is 47.4 Å². The van der Waals surface area contributed by atoms with Crippen LogP contribution < -0.4 is 9.77 Å². The summed E-state index contributed by atoms with van der Waals surface area (Å²) in [5.74, 6) is -2.41. The maximum atomic E-state index is 13.9. The third-order valence-corrected chi connectivity index (χ3v) is 11.1. The summed E-state index contributed by atoms with van der Waals surface area (Å²) in [5, 5.41) is 0.771. The molecule has 0 unspecified atom stereocenters. The smallest absolute Gasteiger partial charge is 0.308 e. The van der Waals surface area contributed by atoms with Crippen molar-refractivity contribution in [2.24, 2.45) is 5.92 Å². The molecule has 39 heavy (non-hydrogen) atoms. The Balaban J connectivity index is 1.46. The molecule has 0 radical (unpaired) electrons. The van der Waals surface area contributed by atoms with Gasteiger partial charge in [-0.25, -0.2) is 4.90 Å². The molecule has 1 aromatic heterocycles. The standard InChI is InChI=1S/C27H22Cl3N3O4S2/c28-14-7-9-15(10-8-14)33-24(35)20-19(16-5-4-6-17(29)21(16)30)23-26(38-22(20)25(33)36)32(27(37)39-23)13-18(34)31-11-2-1-3-12-31/h4-10,19-20,22H,1-3,11-13H2/t19-,20-,22+/m0/s1. The number of piperidine rings is 1. The summed E-state index contributed by atoms with van der Waals surface area (Å²) < 4.78 is 1.45. The Labute approximate surface area is 247 Å². The normalized spacial score (nSPS) is 22.7. The Hall–Kier alpha value is -2.30. The fourth-order valence-corrected chi connectivity index (χ4v) is 8.89. The number of nitrogens with zero attached hydrogens (tertiary/aromatic N) is 3. The molecule has 0 saturated carbocycles. The molecule has 4 heterocycles. The molecule has 202 valence electrons. The quantitative estimate of drug-likeness (QED) is 0.350. The van der Waals surface area contributed by atoms with Crippen LogP contribution in [0.5, 0.6) is 0 Å². The van der Waals surface area contributed by atoms with E-state index >= 15 is 0 Å². The first-order valence-electron chi connectivity index (χ1n) is 12.5. The van der Waals surface area contributed by atoms with Gasteiger partial charge in [0.15, 0.2) is 0 Å². The van der Waals surface area contributed by atoms with Crippen LogP contribution in [0.25, 0.3) is 0 Å². The van der Waals surface area contributed by atoms with Crippen molar-refractivity contribution in [1.82, 2.24) is 9.47 Å². The van der Waals surface area contributed by atoms with E-state index < -0.39 is 23.0 Å². The van der Waals surface area contributed by atoms with Crippen molar-refractivity contribution in [2.45, 2.75) is 42.0 Å². The molecule has 2 saturated heterocycles. The molecule has 0 spiro atoms. The lowest BCUT2D eigenvalue weighted by Gasteiger charge is -2.31. The van der Waals surface area contributed by atoms with E-state index in [4.69, 9.17) is 34.8 Å². The molecule has 3 amide bonds. The number of amides is 3. The van der Waals surface area contributed by atoms with Crippen molar-refractivity contribution in [3.63, 3.8) is 0 Å². The van der Waals surface area contributed by atoms with Crippen LogP contribution in [0.4, 0.5) is 5.69 Å². The molecule has 3 aliphatic heterocycles. The molecule has 3 atom stereocenters. The number of thioether (sulfide) groups is 1. The molecule has 3 aromatic rings. The first-order valence-corrected chi connectivity index (χ1v) is 15.3. The van der Waals surface area contributed by atoms with Crippen LogP contribution in [0.2, 0.25) is 15.1 Å². The lowest BCUT2D eigenvalue weighted by Crippen LogP contribution is -2.39. The highest BCUT2D eigenvalue weighted by Crippen LogP contribution is 2.55. The van der Waals surface area contributed by atoms with Gasteiger partial charge in [-0.1, -0.05) is 70.0 Å². The van der Waals surface area contributed by atoms with Crippen molar-refractivity contribution >= 4 is 81.3 Å². The van der Waals surface area contributed by atoms with Gasteiger partial charge in [-0.3, -0.25) is 23.7 Å². The van der Waals surface area contributed by atoms with E-state index in [1.165, 1.54) is 21.2 Å². The summed E-state index contributed by atoms with van der Waals surface area (Å²) in [6.45, 7) is 1.22. The van der Waals surface area contributed by atoms with Crippen molar-refractivity contribution < 1.29 is 14.4 Å². The number of hydrogen-bond acceptors (Lipinski definition) is 6. The second-order valence-corrected chi connectivity index (χ2v) is 13.1. The van der Waals surface area contributed by atoms with Gasteiger partial charge in [0, 0.05) is 28.9 Å². The highest BCUT2D eigenvalue weighted by molar-refractivity contribution is 8.00. The second kappa shape index (κ2) is 10.6. The van der Waals surface area contributed by atoms with E-state index in [2.05, 4.69) is 0 Å². The summed E-state index contributed by atoms with van der Waals surface area (Å²) >= 11 is 21.2. The van der Waals surface area contributed by atoms with Gasteiger partial charge in [0.05, 0.1) is 26.7 Å². The van der Waals surface area contributed by atoms with Crippen LogP contribution in [0, 0.1) is 5.92 Å². The number of carbonyl (C=O) groups is 3. The Bertz CT molecular complexity index is 1550. The molecule has 2 aromatic carbocycles. The molecule has 12 heteroatoms. The van der Waals surface area contributed by atoms with Gasteiger partial charge < -0.3 is 4.90 Å². The number of anilines is 1. The minimum absolute atomic E-state index is 0.117. The van der Waals surface area contributed by atoms with Crippen LogP contribution in [-0.4, -0.2) is 45.5 Å². The zero-order chi connectivity index (χ0) is 27.4. The van der Waals surface area contributed by atoms with Crippen molar-refractivity contribution in [3.05, 3.63) is 77.6 Å². The fourth-order valence-electron chi connectivity index (χ4n) is 5.57. The maximum Gasteiger partial charge on any atom is 0.308 e. The molecule has 0 bridgehead atoms. The zero-order valence-corrected chi connectivity index (χ0v) is 24.3. The number of hydrogen-bond donors (Lipinski definition) is 0. The van der Waals surface area contributed by atoms with Gasteiger partial charge in [0.25, 0.3) is 0 Å². The summed E-state index contributed by atoms with van der Waals surface area (Å²) in [5.41, 5.74) is 0.983. The lowest BCUT2D eigenvalue weighted by molar-refractivity contribution is -0.133. The molecule has 7 nitrogen and oxygen atoms in total. The SMILES string of the molecule is O=C(Cn1c2c(sc1=O)[C@@H](c1cccc(Cl)c1Cl)[C@@H]1C(=O)N(c3ccc(Cl)cc3)C(=O)[C@@H]1S2)N1CCCCC1. The third kappa shape index (κ3) is 4.62. The zero-order valence-electron chi connectivity index (χ0n) is 20.4. The number of benzene rings is 2. The fraction of sp³-hybridized carbons (Fsp3) is 0.333. The summed E-state index contributed by atoms with van der Waals surface area (Å²) in [7, 11) is 0. The van der Waals surface area contributed by atoms with E-state index in [0.717, 1.165) is 30.6 Å². The highest BCUT2D eigenvalue weighted by Gasteiger charge is 2.57. The van der Waals surface area contributed by atoms with Crippen LogP contribution in [-0.2, 0) is 20.9 Å². The molecule has 2 fully saturated rings. The molecular formula is C27H22Cl3N3O4S2. The number of rotatable bonds is 4. The first-order chi connectivity index (χ1) is 18.8. The Morgan fingerprint density at radius 2 is 1.64 bits per heavy atom. The van der Waals surface area contributed by atoms with Crippen molar-refractivity contribution in [2.75, 3.05) is 18.0 Å². The third-order valence-electron chi connectivity index (χ3n) is 7.45. The van der Waals surface area contributed by atoms with Crippen LogP contribution in [0.3, 0.4) is 0 Å². The van der Waals surface area contributed by atoms with Crippen LogP contribution in [0.1, 0.15) is 35.6 Å². The maximum absolute atomic E-state index is 13.9. The molecular weight excluding hydrogens is 601 g/mol. The summed E-state index contributed by atoms with van der Waals surface area (Å²) in [4.78, 5) is 57.5. The average Bonchev–Trinajstić information content (AvgIpc) is 3.38. The van der Waals surface area contributed by atoms with Gasteiger partial charge in [0.1, 0.15) is 11.8 Å². The van der Waals surface area contributed by atoms with E-state index in [-0.39, 0.29) is 28.3 Å². The summed E-state index contributed by atoms with van der Waals surface area (Å²) in [6, 6.07) is 11.7. The second-order valence-electron chi connectivity index (χ2n) is 9.74. The van der Waals surface area contributed by atoms with Gasteiger partial charge in [-0.15, -0.1) is 0 Å².